The molecular formula is C42H81N7O8. The lowest BCUT2D eigenvalue weighted by atomic mass is 9.75. The summed E-state index contributed by atoms with van der Waals surface area (Å²) >= 11 is 0. The van der Waals surface area contributed by atoms with E-state index >= 15 is 0 Å². The summed E-state index contributed by atoms with van der Waals surface area (Å²) in [6, 6.07) is 0. The van der Waals surface area contributed by atoms with Crippen LogP contribution in [0.2, 0.25) is 0 Å². The van der Waals surface area contributed by atoms with E-state index in [0.717, 1.165) is 64.2 Å². The van der Waals surface area contributed by atoms with E-state index in [1.165, 1.54) is 0 Å². The molecule has 0 rings (SSSR count). The molecule has 57 heavy (non-hydrogen) atoms. The van der Waals surface area contributed by atoms with Crippen LogP contribution in [0.3, 0.4) is 0 Å². The van der Waals surface area contributed by atoms with E-state index in [1.807, 2.05) is 23.6 Å². The SMILES string of the molecule is CCCCCCOC(=O)CN(CCN)CCNC(=O)CC(CC(C)(C)C(=O)CC(CC)C(=O)NCCN(CCN)CC(=O)OCCCCCC)C(=O)NCCCC. The number of Topliss-reactive ketones (excluding diaryl/α,β-unsaturated/α-hetero) is 1. The van der Waals surface area contributed by atoms with Crippen LogP contribution in [0.5, 0.6) is 0 Å². The fourth-order valence-electron chi connectivity index (χ4n) is 6.36. The number of amides is 3. The number of carbonyl (C=O) groups is 6. The summed E-state index contributed by atoms with van der Waals surface area (Å²) in [7, 11) is 0. The maximum Gasteiger partial charge on any atom is 0.320 e. The van der Waals surface area contributed by atoms with Gasteiger partial charge < -0.3 is 36.9 Å². The second kappa shape index (κ2) is 33.8. The van der Waals surface area contributed by atoms with Gasteiger partial charge in [-0.2, -0.15) is 0 Å². The fraction of sp³-hybridized carbons (Fsp3) is 0.857. The topological polar surface area (TPSA) is 215 Å². The molecule has 0 fully saturated rings. The van der Waals surface area contributed by atoms with E-state index in [9.17, 15) is 28.8 Å². The van der Waals surface area contributed by atoms with Crippen LogP contribution in [0.1, 0.15) is 131 Å². The molecule has 15 heteroatoms. The predicted molar refractivity (Wildman–Crippen MR) is 225 cm³/mol. The molecule has 15 nitrogen and oxygen atoms in total. The third-order valence-corrected chi connectivity index (χ3v) is 10.0. The zero-order chi connectivity index (χ0) is 42.9. The van der Waals surface area contributed by atoms with Crippen LogP contribution in [0.4, 0.5) is 0 Å². The van der Waals surface area contributed by atoms with Crippen LogP contribution < -0.4 is 27.4 Å². The highest BCUT2D eigenvalue weighted by molar-refractivity contribution is 5.91. The predicted octanol–water partition coefficient (Wildman–Crippen LogP) is 3.31. The van der Waals surface area contributed by atoms with Gasteiger partial charge in [0.15, 0.2) is 0 Å². The highest BCUT2D eigenvalue weighted by Crippen LogP contribution is 2.31. The largest absolute Gasteiger partial charge is 0.465 e. The fourth-order valence-corrected chi connectivity index (χ4v) is 6.36. The molecule has 2 unspecified atom stereocenters. The van der Waals surface area contributed by atoms with Crippen molar-refractivity contribution in [3.8, 4) is 0 Å². The number of hydrogen-bond acceptors (Lipinski definition) is 12. The average molecular weight is 812 g/mol. The average Bonchev–Trinajstić information content (AvgIpc) is 3.16. The summed E-state index contributed by atoms with van der Waals surface area (Å²) in [4.78, 5) is 81.9. The van der Waals surface area contributed by atoms with Gasteiger partial charge >= 0.3 is 11.9 Å². The summed E-state index contributed by atoms with van der Waals surface area (Å²) in [5.41, 5.74) is 10.5. The number of esters is 2. The first-order valence-electron chi connectivity index (χ1n) is 21.8. The number of carbonyl (C=O) groups excluding carboxylic acids is 6. The molecular weight excluding hydrogens is 731 g/mol. The van der Waals surface area contributed by atoms with Gasteiger partial charge in [0.05, 0.1) is 26.3 Å². The highest BCUT2D eigenvalue weighted by Gasteiger charge is 2.36. The van der Waals surface area contributed by atoms with Crippen LogP contribution in [-0.2, 0) is 38.2 Å². The van der Waals surface area contributed by atoms with Gasteiger partial charge in [0.25, 0.3) is 0 Å². The monoisotopic (exact) mass is 812 g/mol. The Balaban J connectivity index is 5.28. The maximum atomic E-state index is 13.7. The van der Waals surface area contributed by atoms with Crippen LogP contribution in [0.25, 0.3) is 0 Å². The first-order chi connectivity index (χ1) is 27.3. The molecule has 0 radical (unpaired) electrons. The van der Waals surface area contributed by atoms with Crippen molar-refractivity contribution in [3.05, 3.63) is 0 Å². The minimum atomic E-state index is -0.996. The molecule has 0 heterocycles. The van der Waals surface area contributed by atoms with Crippen molar-refractivity contribution < 1.29 is 38.2 Å². The van der Waals surface area contributed by atoms with Gasteiger partial charge in [0, 0.05) is 89.0 Å². The van der Waals surface area contributed by atoms with E-state index in [4.69, 9.17) is 20.9 Å². The smallest absolute Gasteiger partial charge is 0.320 e. The molecule has 0 aromatic heterocycles. The molecule has 0 spiro atoms. The molecule has 0 saturated heterocycles. The first-order valence-corrected chi connectivity index (χ1v) is 21.8. The molecule has 0 bridgehead atoms. The number of nitrogens with one attached hydrogen (secondary N) is 3. The van der Waals surface area contributed by atoms with Crippen LogP contribution >= 0.6 is 0 Å². The van der Waals surface area contributed by atoms with Gasteiger partial charge in [0.2, 0.25) is 17.7 Å². The summed E-state index contributed by atoms with van der Waals surface area (Å²) in [6.45, 7) is 15.9. The van der Waals surface area contributed by atoms with Crippen LogP contribution in [0, 0.1) is 17.3 Å². The minimum absolute atomic E-state index is 0.0132. The van der Waals surface area contributed by atoms with Crippen molar-refractivity contribution >= 4 is 35.4 Å². The lowest BCUT2D eigenvalue weighted by Gasteiger charge is -2.29. The Hall–Kier alpha value is -3.14. The highest BCUT2D eigenvalue weighted by atomic mass is 16.5. The molecule has 3 amide bonds. The maximum absolute atomic E-state index is 13.7. The number of hydrogen-bond donors (Lipinski definition) is 5. The van der Waals surface area contributed by atoms with Gasteiger partial charge in [-0.15, -0.1) is 0 Å². The second-order valence-electron chi connectivity index (χ2n) is 15.7. The Labute approximate surface area is 344 Å². The standard InChI is InChI=1S/C42H81N7O8/c1-7-11-14-16-27-56-38(52)32-48(23-18-43)25-21-45-37(51)30-35(41(55)46-20-13-9-3)31-42(5,6)36(50)29-34(10-4)40(54)47-22-26-49(24-19-44)33-39(53)57-28-17-15-12-8-2/h34-35H,7-33,43-44H2,1-6H3,(H,45,51)(H,46,55)(H,47,54). The van der Waals surface area contributed by atoms with E-state index in [1.54, 1.807) is 13.8 Å². The quantitative estimate of drug-likeness (QED) is 0.0452. The van der Waals surface area contributed by atoms with Gasteiger partial charge in [0.1, 0.15) is 5.78 Å². The van der Waals surface area contributed by atoms with Crippen LogP contribution in [0.15, 0.2) is 0 Å². The number of nitrogens with two attached hydrogens (primary N) is 2. The van der Waals surface area contributed by atoms with Crippen molar-refractivity contribution in [2.24, 2.45) is 28.7 Å². The minimum Gasteiger partial charge on any atom is -0.465 e. The van der Waals surface area contributed by atoms with E-state index in [2.05, 4.69) is 29.8 Å². The Morgan fingerprint density at radius 1 is 0.579 bits per heavy atom. The molecule has 0 saturated carbocycles. The Morgan fingerprint density at radius 3 is 1.53 bits per heavy atom. The molecule has 0 aliphatic heterocycles. The lowest BCUT2D eigenvalue weighted by Crippen LogP contribution is -2.43. The third kappa shape index (κ3) is 27.2. The number of nitrogens with zero attached hydrogens (tertiary/aromatic N) is 2. The van der Waals surface area contributed by atoms with E-state index in [-0.39, 0.29) is 80.9 Å². The van der Waals surface area contributed by atoms with Crippen LogP contribution in [-0.4, -0.2) is 130 Å². The van der Waals surface area contributed by atoms with Gasteiger partial charge in [-0.3, -0.25) is 38.6 Å². The zero-order valence-corrected chi connectivity index (χ0v) is 36.6. The molecule has 332 valence electrons. The van der Waals surface area contributed by atoms with E-state index in [0.29, 0.717) is 65.4 Å². The number of rotatable bonds is 37. The third-order valence-electron chi connectivity index (χ3n) is 10.0. The van der Waals surface area contributed by atoms with Gasteiger partial charge in [-0.05, 0) is 32.1 Å². The Bertz CT molecular complexity index is 1140. The molecule has 0 aromatic carbocycles. The van der Waals surface area contributed by atoms with Crippen molar-refractivity contribution in [2.75, 3.05) is 85.2 Å². The summed E-state index contributed by atoms with van der Waals surface area (Å²) in [5, 5.41) is 8.71. The van der Waals surface area contributed by atoms with Crippen molar-refractivity contribution in [2.45, 2.75) is 131 Å². The van der Waals surface area contributed by atoms with Crippen molar-refractivity contribution in [1.29, 1.82) is 0 Å². The molecule has 0 aliphatic rings. The molecule has 0 aliphatic carbocycles. The molecule has 2 atom stereocenters. The number of ketones is 1. The molecule has 0 aromatic rings. The second-order valence-corrected chi connectivity index (χ2v) is 15.7. The first kappa shape index (κ1) is 53.9. The van der Waals surface area contributed by atoms with Crippen molar-refractivity contribution in [1.82, 2.24) is 25.8 Å². The normalized spacial score (nSPS) is 12.6. The lowest BCUT2D eigenvalue weighted by molar-refractivity contribution is -0.146. The number of ether oxygens (including phenoxy) is 2. The Kier molecular flexibility index (Phi) is 31.9. The summed E-state index contributed by atoms with van der Waals surface area (Å²) in [6.07, 6.45) is 10.2. The summed E-state index contributed by atoms with van der Waals surface area (Å²) in [5.74, 6) is -3.06. The van der Waals surface area contributed by atoms with Gasteiger partial charge in [-0.1, -0.05) is 86.5 Å². The number of unbranched alkanes of at least 4 members (excludes halogenated alkanes) is 7. The van der Waals surface area contributed by atoms with Crippen molar-refractivity contribution in [3.63, 3.8) is 0 Å². The Morgan fingerprint density at radius 2 is 1.05 bits per heavy atom. The zero-order valence-electron chi connectivity index (χ0n) is 36.6. The molecule has 7 N–H and O–H groups in total. The van der Waals surface area contributed by atoms with E-state index < -0.39 is 17.3 Å². The summed E-state index contributed by atoms with van der Waals surface area (Å²) < 4.78 is 10.7. The van der Waals surface area contributed by atoms with Gasteiger partial charge in [-0.25, -0.2) is 0 Å².